The predicted octanol–water partition coefficient (Wildman–Crippen LogP) is 20.9. The summed E-state index contributed by atoms with van der Waals surface area (Å²) in [6, 6.07) is -0.897. The second-order valence-corrected chi connectivity index (χ2v) is 25.7. The van der Waals surface area contributed by atoms with E-state index >= 15 is 0 Å². The van der Waals surface area contributed by atoms with Gasteiger partial charge in [-0.2, -0.15) is 0 Å². The minimum Gasteiger partial charge on any atom is -0.756 e. The van der Waals surface area contributed by atoms with Gasteiger partial charge in [-0.1, -0.05) is 274 Å². The summed E-state index contributed by atoms with van der Waals surface area (Å²) in [6.45, 7) is 6.82. The number of quaternary nitrogens is 1. The Morgan fingerprint density at radius 3 is 1.16 bits per heavy atom. The standard InChI is InChI=1S/C71H131N2O7P/c1-7-10-13-16-19-22-25-27-29-31-33-35-36-38-39-41-43-45-48-51-54-57-60-63-70(74)72-68(67-79-81(76,77)78-66-65-73(4,5)6)69(62-59-56-53-50-47-24-21-18-15-12-9-3)80-71(75)64-61-58-55-52-49-46-44-42-40-37-34-32-30-28-26-23-20-17-14-11-8-2/h19,22,27-30,33,35,38-39,59,62,68-69H,7-18,20-21,23-26,31-32,34,36-37,40-58,60-61,63-67H2,1-6H3,(H-,72,74,76,77)/b22-19-,29-27-,30-28+,35-33-,39-38-,62-59+. The predicted molar refractivity (Wildman–Crippen MR) is 348 cm³/mol. The SMILES string of the molecule is CCCCC/C=C\C/C=C\C/C=C\C/C=C\CCCCCCCCCC(=O)NC(COP(=O)([O-])OCC[N+](C)(C)C)C(/C=C/CCCCCCCCCCC)OC(=O)CCCCCCCCCCCCC/C=C/CCCCCCCC. The molecule has 81 heavy (non-hydrogen) atoms. The minimum absolute atomic E-state index is 0.0264. The Balaban J connectivity index is 5.11. The Bertz CT molecular complexity index is 1620. The number of allylic oxidation sites excluding steroid dienone is 11. The number of hydrogen-bond donors (Lipinski definition) is 1. The van der Waals surface area contributed by atoms with Crippen molar-refractivity contribution in [2.24, 2.45) is 0 Å². The van der Waals surface area contributed by atoms with Gasteiger partial charge in [0.25, 0.3) is 7.82 Å². The van der Waals surface area contributed by atoms with Gasteiger partial charge in [0, 0.05) is 12.8 Å². The number of esters is 1. The molecule has 0 heterocycles. The number of phosphoric ester groups is 1. The monoisotopic (exact) mass is 1150 g/mol. The number of ether oxygens (including phenoxy) is 1. The third-order valence-corrected chi connectivity index (χ3v) is 16.1. The zero-order valence-electron chi connectivity index (χ0n) is 54.0. The first kappa shape index (κ1) is 78.5. The second kappa shape index (κ2) is 60.6. The normalized spacial score (nSPS) is 14.0. The maximum Gasteiger partial charge on any atom is 0.306 e. The highest BCUT2D eigenvalue weighted by atomic mass is 31.2. The van der Waals surface area contributed by atoms with E-state index in [0.29, 0.717) is 17.4 Å². The van der Waals surface area contributed by atoms with E-state index in [4.69, 9.17) is 13.8 Å². The lowest BCUT2D eigenvalue weighted by Gasteiger charge is -2.30. The van der Waals surface area contributed by atoms with E-state index < -0.39 is 26.6 Å². The Morgan fingerprint density at radius 1 is 0.432 bits per heavy atom. The van der Waals surface area contributed by atoms with Crippen molar-refractivity contribution in [2.45, 2.75) is 328 Å². The van der Waals surface area contributed by atoms with Gasteiger partial charge in [0.1, 0.15) is 19.3 Å². The number of amides is 1. The zero-order chi connectivity index (χ0) is 59.3. The summed E-state index contributed by atoms with van der Waals surface area (Å²) < 4.78 is 30.4. The fraction of sp³-hybridized carbons (Fsp3) is 0.803. The molecule has 0 aromatic carbocycles. The van der Waals surface area contributed by atoms with Crippen molar-refractivity contribution in [1.29, 1.82) is 0 Å². The molecule has 3 unspecified atom stereocenters. The average Bonchev–Trinajstić information content (AvgIpc) is 3.43. The maximum atomic E-state index is 13.6. The highest BCUT2D eigenvalue weighted by Crippen LogP contribution is 2.38. The van der Waals surface area contributed by atoms with Crippen molar-refractivity contribution in [3.05, 3.63) is 72.9 Å². The van der Waals surface area contributed by atoms with Crippen LogP contribution >= 0.6 is 7.82 Å². The number of rotatable bonds is 62. The number of carbonyl (C=O) groups excluding carboxylic acids is 2. The van der Waals surface area contributed by atoms with E-state index in [-0.39, 0.29) is 24.9 Å². The number of likely N-dealkylation sites (N-methyl/N-ethyl adjacent to an activating group) is 1. The molecule has 0 fully saturated rings. The molecular formula is C71H131N2O7P. The summed E-state index contributed by atoms with van der Waals surface area (Å²) in [5, 5.41) is 3.03. The van der Waals surface area contributed by atoms with Gasteiger partial charge in [0.05, 0.1) is 33.8 Å². The first-order valence-electron chi connectivity index (χ1n) is 34.2. The summed E-state index contributed by atoms with van der Waals surface area (Å²) in [7, 11) is 1.18. The van der Waals surface area contributed by atoms with Crippen molar-refractivity contribution < 1.29 is 37.3 Å². The van der Waals surface area contributed by atoms with Crippen molar-refractivity contribution in [3.8, 4) is 0 Å². The summed E-state index contributed by atoms with van der Waals surface area (Å²) in [5.74, 6) is -0.548. The molecule has 0 spiro atoms. The number of hydrogen-bond acceptors (Lipinski definition) is 7. The number of nitrogens with zero attached hydrogens (tertiary/aromatic N) is 1. The van der Waals surface area contributed by atoms with Gasteiger partial charge >= 0.3 is 5.97 Å². The minimum atomic E-state index is -4.71. The number of carbonyl (C=O) groups is 2. The van der Waals surface area contributed by atoms with Crippen LogP contribution < -0.4 is 10.2 Å². The van der Waals surface area contributed by atoms with Crippen LogP contribution in [0.4, 0.5) is 0 Å². The summed E-state index contributed by atoms with van der Waals surface area (Å²) >= 11 is 0. The molecule has 0 radical (unpaired) electrons. The van der Waals surface area contributed by atoms with Crippen molar-refractivity contribution in [1.82, 2.24) is 5.32 Å². The quantitative estimate of drug-likeness (QED) is 0.0212. The Kier molecular flexibility index (Phi) is 58.7. The summed E-state index contributed by atoms with van der Waals surface area (Å²) in [6.07, 6.45) is 78.7. The van der Waals surface area contributed by atoms with Crippen LogP contribution in [-0.2, 0) is 27.9 Å². The van der Waals surface area contributed by atoms with Gasteiger partial charge in [0.15, 0.2) is 0 Å². The van der Waals surface area contributed by atoms with Crippen LogP contribution in [0.15, 0.2) is 72.9 Å². The van der Waals surface area contributed by atoms with Crippen LogP contribution in [0.3, 0.4) is 0 Å². The first-order valence-corrected chi connectivity index (χ1v) is 35.7. The van der Waals surface area contributed by atoms with E-state index in [0.717, 1.165) is 89.9 Å². The van der Waals surface area contributed by atoms with Crippen molar-refractivity contribution >= 4 is 19.7 Å². The Labute approximate surface area is 502 Å². The van der Waals surface area contributed by atoms with Crippen LogP contribution in [0, 0.1) is 0 Å². The molecule has 9 nitrogen and oxygen atoms in total. The van der Waals surface area contributed by atoms with E-state index in [9.17, 15) is 19.0 Å². The van der Waals surface area contributed by atoms with Crippen LogP contribution in [0.1, 0.15) is 316 Å². The van der Waals surface area contributed by atoms with Gasteiger partial charge in [-0.25, -0.2) is 0 Å². The van der Waals surface area contributed by atoms with Gasteiger partial charge < -0.3 is 28.5 Å². The molecular weight excluding hydrogens is 1020 g/mol. The third-order valence-electron chi connectivity index (χ3n) is 15.1. The molecule has 0 bridgehead atoms. The molecule has 3 atom stereocenters. The van der Waals surface area contributed by atoms with E-state index in [2.05, 4.69) is 86.8 Å². The van der Waals surface area contributed by atoms with Crippen molar-refractivity contribution in [3.63, 3.8) is 0 Å². The fourth-order valence-corrected chi connectivity index (χ4v) is 10.5. The smallest absolute Gasteiger partial charge is 0.306 e. The molecule has 0 aliphatic carbocycles. The lowest BCUT2D eigenvalue weighted by atomic mass is 10.0. The average molecular weight is 1160 g/mol. The van der Waals surface area contributed by atoms with Gasteiger partial charge in [-0.05, 0) is 102 Å². The van der Waals surface area contributed by atoms with Crippen LogP contribution in [-0.4, -0.2) is 69.4 Å². The highest BCUT2D eigenvalue weighted by molar-refractivity contribution is 7.45. The second-order valence-electron chi connectivity index (χ2n) is 24.3. The van der Waals surface area contributed by atoms with E-state index in [1.165, 1.54) is 193 Å². The topological polar surface area (TPSA) is 114 Å². The lowest BCUT2D eigenvalue weighted by molar-refractivity contribution is -0.870. The summed E-state index contributed by atoms with van der Waals surface area (Å²) in [4.78, 5) is 40.1. The molecule has 1 amide bonds. The number of nitrogens with one attached hydrogen (secondary N) is 1. The van der Waals surface area contributed by atoms with Crippen molar-refractivity contribution in [2.75, 3.05) is 40.9 Å². The first-order chi connectivity index (χ1) is 39.4. The Morgan fingerprint density at radius 2 is 0.753 bits per heavy atom. The highest BCUT2D eigenvalue weighted by Gasteiger charge is 2.27. The fourth-order valence-electron chi connectivity index (χ4n) is 9.80. The molecule has 0 aromatic rings. The molecule has 10 heteroatoms. The van der Waals surface area contributed by atoms with Crippen LogP contribution in [0.2, 0.25) is 0 Å². The van der Waals surface area contributed by atoms with Gasteiger partial charge in [0.2, 0.25) is 5.91 Å². The van der Waals surface area contributed by atoms with E-state index in [1.54, 1.807) is 0 Å². The van der Waals surface area contributed by atoms with Gasteiger partial charge in [-0.15, -0.1) is 0 Å². The lowest BCUT2D eigenvalue weighted by Crippen LogP contribution is -2.47. The molecule has 0 saturated carbocycles. The molecule has 1 N–H and O–H groups in total. The summed E-state index contributed by atoms with van der Waals surface area (Å²) in [5.41, 5.74) is 0. The largest absolute Gasteiger partial charge is 0.756 e. The molecule has 0 aliphatic heterocycles. The van der Waals surface area contributed by atoms with E-state index in [1.807, 2.05) is 33.3 Å². The van der Waals surface area contributed by atoms with Gasteiger partial charge in [-0.3, -0.25) is 14.2 Å². The number of phosphoric acid groups is 1. The molecule has 0 aliphatic rings. The number of unbranched alkanes of at least 4 members (excludes halogenated alkanes) is 36. The Hall–Kier alpha value is -2.55. The molecule has 0 saturated heterocycles. The third kappa shape index (κ3) is 61.8. The van der Waals surface area contributed by atoms with Crippen LogP contribution in [0.25, 0.3) is 0 Å². The maximum absolute atomic E-state index is 13.6. The molecule has 472 valence electrons. The zero-order valence-corrected chi connectivity index (χ0v) is 54.9. The van der Waals surface area contributed by atoms with Crippen LogP contribution in [0.5, 0.6) is 0 Å². The molecule has 0 rings (SSSR count). The molecule has 0 aromatic heterocycles.